The molecule has 26 heavy (non-hydrogen) atoms. The number of anilines is 1. The van der Waals surface area contributed by atoms with Gasteiger partial charge in [-0.25, -0.2) is 4.39 Å². The Hall–Kier alpha value is -2.09. The summed E-state index contributed by atoms with van der Waals surface area (Å²) in [5.41, 5.74) is 0.907. The smallest absolute Gasteiger partial charge is 0.234 e. The molecule has 0 bridgehead atoms. The number of hydrogen-bond donors (Lipinski definition) is 1. The van der Waals surface area contributed by atoms with Gasteiger partial charge in [-0.1, -0.05) is 47.1 Å². The Morgan fingerprint density at radius 1 is 1.19 bits per heavy atom. The highest BCUT2D eigenvalue weighted by atomic mass is 35.5. The van der Waals surface area contributed by atoms with Crippen LogP contribution in [0, 0.1) is 5.82 Å². The Kier molecular flexibility index (Phi) is 5.80. The molecular weight excluding hydrogens is 398 g/mol. The van der Waals surface area contributed by atoms with Gasteiger partial charge in [0.1, 0.15) is 5.82 Å². The molecule has 0 saturated carbocycles. The third kappa shape index (κ3) is 4.17. The Balaban J connectivity index is 1.68. The Morgan fingerprint density at radius 2 is 1.96 bits per heavy atom. The first-order valence-corrected chi connectivity index (χ1v) is 9.22. The molecule has 1 aromatic heterocycles. The zero-order valence-corrected chi connectivity index (χ0v) is 15.9. The first-order chi connectivity index (χ1) is 12.5. The van der Waals surface area contributed by atoms with Gasteiger partial charge in [-0.3, -0.25) is 4.79 Å². The van der Waals surface area contributed by atoms with Crippen LogP contribution in [0.5, 0.6) is 0 Å². The van der Waals surface area contributed by atoms with E-state index in [2.05, 4.69) is 15.5 Å². The number of benzene rings is 2. The standard InChI is InChI=1S/C17H13Cl2FN4OS/c1-24-16(10-6-7-11(18)12(19)8-10)22-23-17(24)26-9-15(25)21-14-5-3-2-4-13(14)20/h2-8H,9H2,1H3,(H,21,25). The number of thioether (sulfide) groups is 1. The summed E-state index contributed by atoms with van der Waals surface area (Å²) in [4.78, 5) is 12.0. The number of para-hydroxylation sites is 1. The summed E-state index contributed by atoms with van der Waals surface area (Å²) < 4.78 is 15.3. The second kappa shape index (κ2) is 8.07. The third-order valence-electron chi connectivity index (χ3n) is 3.49. The van der Waals surface area contributed by atoms with Gasteiger partial charge >= 0.3 is 0 Å². The van der Waals surface area contributed by atoms with Crippen LogP contribution in [0.2, 0.25) is 10.0 Å². The molecule has 0 atom stereocenters. The highest BCUT2D eigenvalue weighted by Gasteiger charge is 2.14. The summed E-state index contributed by atoms with van der Waals surface area (Å²) in [5.74, 6) is -0.145. The summed E-state index contributed by atoms with van der Waals surface area (Å²) in [7, 11) is 1.79. The van der Waals surface area contributed by atoms with E-state index < -0.39 is 5.82 Å². The molecule has 134 valence electrons. The van der Waals surface area contributed by atoms with E-state index in [1.807, 2.05) is 0 Å². The second-order valence-corrected chi connectivity index (χ2v) is 7.07. The molecule has 0 radical (unpaired) electrons. The van der Waals surface area contributed by atoms with Crippen LogP contribution in [0.1, 0.15) is 0 Å². The zero-order valence-electron chi connectivity index (χ0n) is 13.5. The van der Waals surface area contributed by atoms with Gasteiger partial charge in [0.2, 0.25) is 5.91 Å². The Morgan fingerprint density at radius 3 is 2.69 bits per heavy atom. The summed E-state index contributed by atoms with van der Waals surface area (Å²) >= 11 is 13.2. The van der Waals surface area contributed by atoms with E-state index in [0.29, 0.717) is 21.0 Å². The van der Waals surface area contributed by atoms with Crippen molar-refractivity contribution in [3.05, 3.63) is 58.3 Å². The van der Waals surface area contributed by atoms with Crippen molar-refractivity contribution >= 4 is 46.6 Å². The van der Waals surface area contributed by atoms with E-state index in [0.717, 1.165) is 5.56 Å². The van der Waals surface area contributed by atoms with Crippen molar-refractivity contribution in [3.63, 3.8) is 0 Å². The van der Waals surface area contributed by atoms with Crippen LogP contribution in [0.15, 0.2) is 47.6 Å². The fraction of sp³-hybridized carbons (Fsp3) is 0.118. The molecule has 0 spiro atoms. The molecule has 1 heterocycles. The quantitative estimate of drug-likeness (QED) is 0.621. The number of nitrogens with one attached hydrogen (secondary N) is 1. The molecule has 9 heteroatoms. The second-order valence-electron chi connectivity index (χ2n) is 5.31. The number of carbonyl (C=O) groups excluding carboxylic acids is 1. The molecule has 0 aliphatic heterocycles. The lowest BCUT2D eigenvalue weighted by Crippen LogP contribution is -2.15. The fourth-order valence-corrected chi connectivity index (χ4v) is 3.22. The molecule has 0 aliphatic carbocycles. The van der Waals surface area contributed by atoms with E-state index in [4.69, 9.17) is 23.2 Å². The van der Waals surface area contributed by atoms with Gasteiger partial charge in [0, 0.05) is 12.6 Å². The zero-order chi connectivity index (χ0) is 18.7. The number of carbonyl (C=O) groups is 1. The van der Waals surface area contributed by atoms with Gasteiger partial charge in [-0.15, -0.1) is 10.2 Å². The van der Waals surface area contributed by atoms with E-state index in [1.165, 1.54) is 23.9 Å². The highest BCUT2D eigenvalue weighted by Crippen LogP contribution is 2.29. The van der Waals surface area contributed by atoms with Crippen LogP contribution in [-0.2, 0) is 11.8 Å². The van der Waals surface area contributed by atoms with Crippen LogP contribution < -0.4 is 5.32 Å². The SMILES string of the molecule is Cn1c(SCC(=O)Nc2ccccc2F)nnc1-c1ccc(Cl)c(Cl)c1. The van der Waals surface area contributed by atoms with Gasteiger partial charge in [-0.05, 0) is 30.3 Å². The molecule has 2 aromatic carbocycles. The minimum Gasteiger partial charge on any atom is -0.323 e. The predicted molar refractivity (Wildman–Crippen MR) is 102 cm³/mol. The number of amides is 1. The molecule has 0 saturated heterocycles. The van der Waals surface area contributed by atoms with E-state index in [9.17, 15) is 9.18 Å². The molecule has 1 amide bonds. The molecule has 0 unspecified atom stereocenters. The number of halogens is 3. The van der Waals surface area contributed by atoms with E-state index in [1.54, 1.807) is 41.9 Å². The van der Waals surface area contributed by atoms with Crippen molar-refractivity contribution < 1.29 is 9.18 Å². The predicted octanol–water partition coefficient (Wildman–Crippen LogP) is 4.66. The minimum absolute atomic E-state index is 0.0711. The Bertz CT molecular complexity index is 964. The highest BCUT2D eigenvalue weighted by molar-refractivity contribution is 7.99. The van der Waals surface area contributed by atoms with Gasteiger partial charge in [-0.2, -0.15) is 0 Å². The molecule has 0 aliphatic rings. The van der Waals surface area contributed by atoms with Crippen LogP contribution >= 0.6 is 35.0 Å². The summed E-state index contributed by atoms with van der Waals surface area (Å²) in [5, 5.41) is 12.2. The minimum atomic E-state index is -0.480. The van der Waals surface area contributed by atoms with Gasteiger partial charge in [0.15, 0.2) is 11.0 Å². The summed E-state index contributed by atoms with van der Waals surface area (Å²) in [6.45, 7) is 0. The van der Waals surface area contributed by atoms with Crippen molar-refractivity contribution in [2.75, 3.05) is 11.1 Å². The van der Waals surface area contributed by atoms with Gasteiger partial charge in [0.25, 0.3) is 0 Å². The molecule has 3 aromatic rings. The lowest BCUT2D eigenvalue weighted by atomic mass is 10.2. The van der Waals surface area contributed by atoms with Crippen LogP contribution in [0.4, 0.5) is 10.1 Å². The summed E-state index contributed by atoms with van der Waals surface area (Å²) in [6.07, 6.45) is 0. The monoisotopic (exact) mass is 410 g/mol. The number of aromatic nitrogens is 3. The lowest BCUT2D eigenvalue weighted by molar-refractivity contribution is -0.113. The van der Waals surface area contributed by atoms with Crippen molar-refractivity contribution in [2.45, 2.75) is 5.16 Å². The van der Waals surface area contributed by atoms with Crippen LogP contribution in [0.25, 0.3) is 11.4 Å². The van der Waals surface area contributed by atoms with Gasteiger partial charge < -0.3 is 9.88 Å². The molecule has 0 fully saturated rings. The molecule has 1 N–H and O–H groups in total. The largest absolute Gasteiger partial charge is 0.323 e. The average molecular weight is 411 g/mol. The number of nitrogens with zero attached hydrogens (tertiary/aromatic N) is 3. The lowest BCUT2D eigenvalue weighted by Gasteiger charge is -2.06. The average Bonchev–Trinajstić information content (AvgIpc) is 2.98. The normalized spacial score (nSPS) is 10.8. The van der Waals surface area contributed by atoms with Crippen molar-refractivity contribution in [2.24, 2.45) is 7.05 Å². The maximum Gasteiger partial charge on any atom is 0.234 e. The van der Waals surface area contributed by atoms with Crippen LogP contribution in [0.3, 0.4) is 0 Å². The van der Waals surface area contributed by atoms with Crippen molar-refractivity contribution in [1.82, 2.24) is 14.8 Å². The van der Waals surface area contributed by atoms with Gasteiger partial charge in [0.05, 0.1) is 21.5 Å². The van der Waals surface area contributed by atoms with Crippen molar-refractivity contribution in [3.8, 4) is 11.4 Å². The van der Waals surface area contributed by atoms with Crippen molar-refractivity contribution in [1.29, 1.82) is 0 Å². The van der Waals surface area contributed by atoms with Crippen LogP contribution in [-0.4, -0.2) is 26.4 Å². The first kappa shape index (κ1) is 18.7. The molecular formula is C17H13Cl2FN4OS. The maximum atomic E-state index is 13.6. The maximum absolute atomic E-state index is 13.6. The number of rotatable bonds is 5. The number of hydrogen-bond acceptors (Lipinski definition) is 4. The first-order valence-electron chi connectivity index (χ1n) is 7.47. The fourth-order valence-electron chi connectivity index (χ4n) is 2.21. The van der Waals surface area contributed by atoms with E-state index >= 15 is 0 Å². The topological polar surface area (TPSA) is 59.8 Å². The summed E-state index contributed by atoms with van der Waals surface area (Å²) in [6, 6.07) is 11.2. The molecule has 3 rings (SSSR count). The Labute approximate surface area is 163 Å². The van der Waals surface area contributed by atoms with E-state index in [-0.39, 0.29) is 17.3 Å². The third-order valence-corrected chi connectivity index (χ3v) is 5.25. The molecule has 5 nitrogen and oxygen atoms in total.